The van der Waals surface area contributed by atoms with Crippen LogP contribution in [0.3, 0.4) is 0 Å². The Morgan fingerprint density at radius 3 is 2.71 bits per heavy atom. The lowest BCUT2D eigenvalue weighted by Gasteiger charge is -2.17. The molecule has 1 aromatic rings. The van der Waals surface area contributed by atoms with Crippen LogP contribution in [0, 0.1) is 12.8 Å². The van der Waals surface area contributed by atoms with Crippen LogP contribution in [0.4, 0.5) is 11.6 Å². The molecule has 94 valence electrons. The van der Waals surface area contributed by atoms with Gasteiger partial charge in [-0.25, -0.2) is 9.97 Å². The average molecular weight is 234 g/mol. The summed E-state index contributed by atoms with van der Waals surface area (Å²) in [6, 6.07) is 0.516. The Morgan fingerprint density at radius 1 is 1.35 bits per heavy atom. The maximum Gasteiger partial charge on any atom is 0.134 e. The Labute approximate surface area is 103 Å². The van der Waals surface area contributed by atoms with Gasteiger partial charge in [0.25, 0.3) is 0 Å². The number of nitrogens with zero attached hydrogens (tertiary/aromatic N) is 2. The molecule has 0 aliphatic heterocycles. The summed E-state index contributed by atoms with van der Waals surface area (Å²) in [7, 11) is 0. The van der Waals surface area contributed by atoms with Crippen molar-refractivity contribution >= 4 is 11.6 Å². The van der Waals surface area contributed by atoms with Gasteiger partial charge in [0.05, 0.1) is 0 Å². The van der Waals surface area contributed by atoms with Gasteiger partial charge in [-0.15, -0.1) is 0 Å². The van der Waals surface area contributed by atoms with Crippen LogP contribution in [0.15, 0.2) is 6.33 Å². The molecule has 2 N–H and O–H groups in total. The quantitative estimate of drug-likeness (QED) is 0.794. The van der Waals surface area contributed by atoms with E-state index in [-0.39, 0.29) is 0 Å². The number of aromatic nitrogens is 2. The first-order chi connectivity index (χ1) is 8.22. The second-order valence-corrected chi connectivity index (χ2v) is 4.89. The van der Waals surface area contributed by atoms with Gasteiger partial charge in [-0.2, -0.15) is 0 Å². The molecule has 1 aliphatic rings. The van der Waals surface area contributed by atoms with Gasteiger partial charge in [0.15, 0.2) is 0 Å². The van der Waals surface area contributed by atoms with Gasteiger partial charge in [-0.1, -0.05) is 6.92 Å². The molecule has 0 spiro atoms. The second-order valence-electron chi connectivity index (χ2n) is 4.89. The maximum absolute atomic E-state index is 4.33. The summed E-state index contributed by atoms with van der Waals surface area (Å²) in [6.45, 7) is 7.41. The van der Waals surface area contributed by atoms with E-state index >= 15 is 0 Å². The largest absolute Gasteiger partial charge is 0.370 e. The SMILES string of the molecule is CCCNc1ncnc(NC(C)C2CC2)c1C. The molecule has 4 heteroatoms. The fourth-order valence-corrected chi connectivity index (χ4v) is 1.95. The third kappa shape index (κ3) is 3.08. The molecule has 0 aromatic carbocycles. The number of rotatable bonds is 6. The van der Waals surface area contributed by atoms with Gasteiger partial charge < -0.3 is 10.6 Å². The molecule has 1 heterocycles. The van der Waals surface area contributed by atoms with E-state index in [4.69, 9.17) is 0 Å². The Hall–Kier alpha value is -1.32. The van der Waals surface area contributed by atoms with Gasteiger partial charge in [0.2, 0.25) is 0 Å². The van der Waals surface area contributed by atoms with E-state index in [9.17, 15) is 0 Å². The van der Waals surface area contributed by atoms with Crippen molar-refractivity contribution in [3.8, 4) is 0 Å². The molecule has 4 nitrogen and oxygen atoms in total. The van der Waals surface area contributed by atoms with Gasteiger partial charge >= 0.3 is 0 Å². The van der Waals surface area contributed by atoms with E-state index in [0.717, 1.165) is 36.1 Å². The van der Waals surface area contributed by atoms with Crippen LogP contribution in [-0.4, -0.2) is 22.6 Å². The van der Waals surface area contributed by atoms with Gasteiger partial charge in [0, 0.05) is 18.2 Å². The lowest BCUT2D eigenvalue weighted by molar-refractivity contribution is 0.689. The molecule has 1 aromatic heterocycles. The molecule has 0 amide bonds. The predicted molar refractivity (Wildman–Crippen MR) is 71.4 cm³/mol. The number of hydrogen-bond acceptors (Lipinski definition) is 4. The van der Waals surface area contributed by atoms with Crippen LogP contribution in [0.5, 0.6) is 0 Å². The third-order valence-corrected chi connectivity index (χ3v) is 3.32. The summed E-state index contributed by atoms with van der Waals surface area (Å²) < 4.78 is 0. The van der Waals surface area contributed by atoms with Gasteiger partial charge in [0.1, 0.15) is 18.0 Å². The number of anilines is 2. The van der Waals surface area contributed by atoms with Crippen molar-refractivity contribution in [1.29, 1.82) is 0 Å². The fraction of sp³-hybridized carbons (Fsp3) is 0.692. The summed E-state index contributed by atoms with van der Waals surface area (Å²) >= 11 is 0. The monoisotopic (exact) mass is 234 g/mol. The van der Waals surface area contributed by atoms with E-state index < -0.39 is 0 Å². The molecule has 1 aliphatic carbocycles. The first-order valence-electron chi connectivity index (χ1n) is 6.54. The van der Waals surface area contributed by atoms with Crippen molar-refractivity contribution < 1.29 is 0 Å². The molecule has 1 unspecified atom stereocenters. The first kappa shape index (κ1) is 12.1. The zero-order valence-corrected chi connectivity index (χ0v) is 11.0. The minimum absolute atomic E-state index is 0.516. The number of hydrogen-bond donors (Lipinski definition) is 2. The average Bonchev–Trinajstić information content (AvgIpc) is 3.14. The summed E-state index contributed by atoms with van der Waals surface area (Å²) in [5.74, 6) is 2.75. The lowest BCUT2D eigenvalue weighted by atomic mass is 10.2. The van der Waals surface area contributed by atoms with Crippen molar-refractivity contribution in [3.63, 3.8) is 0 Å². The second kappa shape index (κ2) is 5.34. The smallest absolute Gasteiger partial charge is 0.134 e. The minimum atomic E-state index is 0.516. The van der Waals surface area contributed by atoms with Crippen molar-refractivity contribution in [1.82, 2.24) is 9.97 Å². The van der Waals surface area contributed by atoms with Gasteiger partial charge in [-0.05, 0) is 39.0 Å². The van der Waals surface area contributed by atoms with E-state index in [1.807, 2.05) is 0 Å². The molecular weight excluding hydrogens is 212 g/mol. The van der Waals surface area contributed by atoms with Crippen LogP contribution in [0.25, 0.3) is 0 Å². The molecule has 0 saturated heterocycles. The summed E-state index contributed by atoms with van der Waals surface area (Å²) in [5, 5.41) is 6.83. The summed E-state index contributed by atoms with van der Waals surface area (Å²) in [5.41, 5.74) is 1.12. The van der Waals surface area contributed by atoms with Crippen molar-refractivity contribution in [3.05, 3.63) is 11.9 Å². The highest BCUT2D eigenvalue weighted by Gasteiger charge is 2.28. The standard InChI is InChI=1S/C13H22N4/c1-4-7-14-12-9(2)13(16-8-15-12)17-10(3)11-5-6-11/h8,10-11H,4-7H2,1-3H3,(H2,14,15,16,17). The topological polar surface area (TPSA) is 49.8 Å². The molecule has 2 rings (SSSR count). The van der Waals surface area contributed by atoms with Crippen LogP contribution in [0.1, 0.15) is 38.7 Å². The Balaban J connectivity index is 2.05. The van der Waals surface area contributed by atoms with Crippen LogP contribution < -0.4 is 10.6 Å². The third-order valence-electron chi connectivity index (χ3n) is 3.32. The first-order valence-corrected chi connectivity index (χ1v) is 6.54. The van der Waals surface area contributed by atoms with Crippen molar-refractivity contribution in [2.45, 2.75) is 46.1 Å². The highest BCUT2D eigenvalue weighted by atomic mass is 15.1. The highest BCUT2D eigenvalue weighted by Crippen LogP contribution is 2.34. The zero-order valence-electron chi connectivity index (χ0n) is 11.0. The molecular formula is C13H22N4. The van der Waals surface area contributed by atoms with E-state index in [1.54, 1.807) is 6.33 Å². The van der Waals surface area contributed by atoms with Crippen molar-refractivity contribution in [2.75, 3.05) is 17.2 Å². The lowest BCUT2D eigenvalue weighted by Crippen LogP contribution is -2.19. The molecule has 0 bridgehead atoms. The van der Waals surface area contributed by atoms with E-state index in [2.05, 4.69) is 41.4 Å². The van der Waals surface area contributed by atoms with Crippen LogP contribution in [0.2, 0.25) is 0 Å². The van der Waals surface area contributed by atoms with Gasteiger partial charge in [-0.3, -0.25) is 0 Å². The highest BCUT2D eigenvalue weighted by molar-refractivity contribution is 5.56. The maximum atomic E-state index is 4.33. The normalized spacial score (nSPS) is 16.6. The summed E-state index contributed by atoms with van der Waals surface area (Å²) in [4.78, 5) is 8.62. The Morgan fingerprint density at radius 2 is 2.06 bits per heavy atom. The van der Waals surface area contributed by atoms with E-state index in [1.165, 1.54) is 12.8 Å². The molecule has 17 heavy (non-hydrogen) atoms. The molecule has 0 radical (unpaired) electrons. The van der Waals surface area contributed by atoms with Crippen molar-refractivity contribution in [2.24, 2.45) is 5.92 Å². The van der Waals surface area contributed by atoms with Crippen LogP contribution >= 0.6 is 0 Å². The molecule has 1 atom stereocenters. The Bertz CT molecular complexity index is 374. The van der Waals surface area contributed by atoms with Crippen LogP contribution in [-0.2, 0) is 0 Å². The molecule has 1 saturated carbocycles. The Kier molecular flexibility index (Phi) is 3.82. The van der Waals surface area contributed by atoms with E-state index in [0.29, 0.717) is 6.04 Å². The predicted octanol–water partition coefficient (Wildman–Crippen LogP) is 2.82. The fourth-order valence-electron chi connectivity index (χ4n) is 1.95. The number of nitrogens with one attached hydrogen (secondary N) is 2. The summed E-state index contributed by atoms with van der Waals surface area (Å²) in [6.07, 6.45) is 5.43. The molecule has 1 fully saturated rings. The minimum Gasteiger partial charge on any atom is -0.370 e. The zero-order chi connectivity index (χ0) is 12.3.